The Hall–Kier alpha value is -0.100. The number of halogens is 1. The highest BCUT2D eigenvalue weighted by Crippen LogP contribution is 2.38. The lowest BCUT2D eigenvalue weighted by atomic mass is 9.76. The fourth-order valence-corrected chi connectivity index (χ4v) is 6.97. The van der Waals surface area contributed by atoms with Crippen LogP contribution in [0.4, 0.5) is 0 Å². The molecule has 0 radical (unpaired) electrons. The Bertz CT molecular complexity index is 584. The molecule has 0 bridgehead atoms. The van der Waals surface area contributed by atoms with Gasteiger partial charge in [0.15, 0.2) is 0 Å². The van der Waals surface area contributed by atoms with Crippen molar-refractivity contribution in [3.05, 3.63) is 17.0 Å². The van der Waals surface area contributed by atoms with E-state index in [1.165, 1.54) is 37.0 Å². The van der Waals surface area contributed by atoms with Crippen molar-refractivity contribution in [3.8, 4) is 0 Å². The van der Waals surface area contributed by atoms with Gasteiger partial charge >= 0.3 is 0 Å². The number of alkyl halides is 1. The van der Waals surface area contributed by atoms with E-state index in [0.29, 0.717) is 22.6 Å². The Kier molecular flexibility index (Phi) is 4.94. The van der Waals surface area contributed by atoms with E-state index in [4.69, 9.17) is 11.6 Å². The number of piperidine rings is 1. The minimum Gasteiger partial charge on any atom is -0.206 e. The number of sulfonamides is 1. The van der Waals surface area contributed by atoms with Gasteiger partial charge in [0.25, 0.3) is 10.0 Å². The van der Waals surface area contributed by atoms with Gasteiger partial charge in [-0.3, -0.25) is 0 Å². The molecule has 0 N–H and O–H groups in total. The van der Waals surface area contributed by atoms with E-state index in [1.807, 2.05) is 6.07 Å². The summed E-state index contributed by atoms with van der Waals surface area (Å²) in [5.41, 5.74) is 0. The van der Waals surface area contributed by atoms with E-state index in [0.717, 1.165) is 30.2 Å². The number of hydrogen-bond donors (Lipinski definition) is 0. The first-order valence-corrected chi connectivity index (χ1v) is 10.5. The summed E-state index contributed by atoms with van der Waals surface area (Å²) in [5, 5.41) is 0. The average molecular weight is 348 g/mol. The van der Waals surface area contributed by atoms with Crippen molar-refractivity contribution in [3.63, 3.8) is 0 Å². The van der Waals surface area contributed by atoms with Crippen LogP contribution in [0.1, 0.15) is 37.0 Å². The molecule has 1 aliphatic carbocycles. The van der Waals surface area contributed by atoms with Gasteiger partial charge in [0.2, 0.25) is 0 Å². The van der Waals surface area contributed by atoms with Crippen molar-refractivity contribution in [2.75, 3.05) is 19.0 Å². The van der Waals surface area contributed by atoms with E-state index in [-0.39, 0.29) is 0 Å². The van der Waals surface area contributed by atoms with E-state index in [9.17, 15) is 8.42 Å². The van der Waals surface area contributed by atoms with Gasteiger partial charge in [-0.25, -0.2) is 8.42 Å². The highest BCUT2D eigenvalue weighted by Gasteiger charge is 2.36. The molecule has 2 aliphatic rings. The average Bonchev–Trinajstić information content (AvgIpc) is 2.96. The molecule has 21 heavy (non-hydrogen) atoms. The third-order valence-electron chi connectivity index (χ3n) is 4.83. The molecule has 1 aromatic heterocycles. The minimum absolute atomic E-state index is 0.483. The molecule has 1 aliphatic heterocycles. The normalized spacial score (nSPS) is 27.5. The molecule has 2 heterocycles. The summed E-state index contributed by atoms with van der Waals surface area (Å²) in [6.07, 6.45) is 6.83. The summed E-state index contributed by atoms with van der Waals surface area (Å²) >= 11 is 7.10. The van der Waals surface area contributed by atoms with Crippen LogP contribution in [0.5, 0.6) is 0 Å². The quantitative estimate of drug-likeness (QED) is 0.778. The second-order valence-corrected chi connectivity index (χ2v) is 9.83. The van der Waals surface area contributed by atoms with E-state index in [2.05, 4.69) is 0 Å². The number of nitrogens with zero attached hydrogens (tertiary/aromatic N) is 1. The topological polar surface area (TPSA) is 37.4 Å². The number of rotatable bonds is 4. The molecule has 1 saturated heterocycles. The summed E-state index contributed by atoms with van der Waals surface area (Å²) < 4.78 is 27.8. The molecule has 3 nitrogen and oxygen atoms in total. The molecule has 0 amide bonds. The Morgan fingerprint density at radius 3 is 2.71 bits per heavy atom. The first-order valence-electron chi connectivity index (χ1n) is 7.76. The third kappa shape index (κ3) is 3.31. The van der Waals surface area contributed by atoms with E-state index in [1.54, 1.807) is 10.4 Å². The van der Waals surface area contributed by atoms with Gasteiger partial charge < -0.3 is 0 Å². The van der Waals surface area contributed by atoms with Gasteiger partial charge in [-0.1, -0.05) is 19.3 Å². The Labute approximate surface area is 136 Å². The highest BCUT2D eigenvalue weighted by molar-refractivity contribution is 7.91. The zero-order valence-electron chi connectivity index (χ0n) is 12.1. The van der Waals surface area contributed by atoms with Crippen molar-refractivity contribution in [2.24, 2.45) is 11.8 Å². The zero-order valence-corrected chi connectivity index (χ0v) is 14.5. The van der Waals surface area contributed by atoms with Crippen LogP contribution >= 0.6 is 22.9 Å². The predicted molar refractivity (Wildman–Crippen MR) is 87.6 cm³/mol. The van der Waals surface area contributed by atoms with Crippen molar-refractivity contribution in [1.82, 2.24) is 4.31 Å². The van der Waals surface area contributed by atoms with E-state index >= 15 is 0 Å². The first kappa shape index (κ1) is 15.8. The lowest BCUT2D eigenvalue weighted by molar-refractivity contribution is 0.136. The van der Waals surface area contributed by atoms with Gasteiger partial charge in [0, 0.05) is 23.8 Å². The Morgan fingerprint density at radius 1 is 1.19 bits per heavy atom. The Morgan fingerprint density at radius 2 is 1.95 bits per heavy atom. The second kappa shape index (κ2) is 6.57. The van der Waals surface area contributed by atoms with Crippen molar-refractivity contribution in [2.45, 2.75) is 42.7 Å². The molecule has 1 saturated carbocycles. The molecule has 0 spiro atoms. The summed E-state index contributed by atoms with van der Waals surface area (Å²) in [7, 11) is -3.30. The monoisotopic (exact) mass is 347 g/mol. The first-order chi connectivity index (χ1) is 10.1. The summed E-state index contributed by atoms with van der Waals surface area (Å²) in [4.78, 5) is 1.05. The van der Waals surface area contributed by atoms with Crippen LogP contribution in [0.3, 0.4) is 0 Å². The number of fused-ring (bicyclic) bond motifs is 1. The summed E-state index contributed by atoms with van der Waals surface area (Å²) in [6.45, 7) is 1.40. The highest BCUT2D eigenvalue weighted by atomic mass is 35.5. The molecule has 2 unspecified atom stereocenters. The maximum Gasteiger partial charge on any atom is 0.252 e. The van der Waals surface area contributed by atoms with Crippen molar-refractivity contribution >= 4 is 33.0 Å². The third-order valence-corrected chi connectivity index (χ3v) is 8.49. The molecule has 6 heteroatoms. The standard InChI is InChI=1S/C15H22ClNO2S2/c16-9-7-14-5-6-15(20-14)21(18,19)17-10-8-12-3-1-2-4-13(12)11-17/h5-6,12-13H,1-4,7-11H2. The number of aryl methyl sites for hydroxylation is 1. The number of hydrogen-bond acceptors (Lipinski definition) is 3. The van der Waals surface area contributed by atoms with Gasteiger partial charge in [-0.2, -0.15) is 4.31 Å². The van der Waals surface area contributed by atoms with Gasteiger partial charge in [-0.15, -0.1) is 22.9 Å². The molecular weight excluding hydrogens is 326 g/mol. The SMILES string of the molecule is O=S(=O)(c1ccc(CCCl)s1)N1CCC2CCCCC2C1. The fraction of sp³-hybridized carbons (Fsp3) is 0.733. The molecule has 0 aromatic carbocycles. The molecule has 1 aromatic rings. The lowest BCUT2D eigenvalue weighted by Gasteiger charge is -2.40. The lowest BCUT2D eigenvalue weighted by Crippen LogP contribution is -2.44. The van der Waals surface area contributed by atoms with Crippen LogP contribution in [0.15, 0.2) is 16.3 Å². The maximum absolute atomic E-state index is 12.8. The van der Waals surface area contributed by atoms with Gasteiger partial charge in [0.05, 0.1) is 0 Å². The largest absolute Gasteiger partial charge is 0.252 e. The van der Waals surface area contributed by atoms with Crippen LogP contribution in [0.25, 0.3) is 0 Å². The van der Waals surface area contributed by atoms with Crippen LogP contribution in [0.2, 0.25) is 0 Å². The van der Waals surface area contributed by atoms with Crippen LogP contribution in [-0.2, 0) is 16.4 Å². The molecule has 118 valence electrons. The second-order valence-electron chi connectivity index (χ2n) is 6.12. The summed E-state index contributed by atoms with van der Waals surface area (Å²) in [6, 6.07) is 3.64. The molecular formula is C15H22ClNO2S2. The van der Waals surface area contributed by atoms with Crippen LogP contribution in [0, 0.1) is 11.8 Å². The van der Waals surface area contributed by atoms with Crippen molar-refractivity contribution in [1.29, 1.82) is 0 Å². The molecule has 3 rings (SSSR count). The van der Waals surface area contributed by atoms with Gasteiger partial charge in [-0.05, 0) is 43.2 Å². The van der Waals surface area contributed by atoms with Crippen LogP contribution < -0.4 is 0 Å². The zero-order chi connectivity index (χ0) is 14.9. The van der Waals surface area contributed by atoms with Gasteiger partial charge in [0.1, 0.15) is 4.21 Å². The predicted octanol–water partition coefficient (Wildman–Crippen LogP) is 3.73. The summed E-state index contributed by atoms with van der Waals surface area (Å²) in [5.74, 6) is 1.86. The number of thiophene rings is 1. The minimum atomic E-state index is -3.30. The van der Waals surface area contributed by atoms with Crippen molar-refractivity contribution < 1.29 is 8.42 Å². The molecule has 2 atom stereocenters. The molecule has 2 fully saturated rings. The smallest absolute Gasteiger partial charge is 0.206 e. The maximum atomic E-state index is 12.8. The van der Waals surface area contributed by atoms with Crippen LogP contribution in [-0.4, -0.2) is 31.7 Å². The Balaban J connectivity index is 1.75. The fourth-order valence-electron chi connectivity index (χ4n) is 3.64. The van der Waals surface area contributed by atoms with E-state index < -0.39 is 10.0 Å².